The first-order chi connectivity index (χ1) is 42.6. The smallest absolute Gasteiger partial charge is 0.462 e. The van der Waals surface area contributed by atoms with Crippen molar-refractivity contribution in [1.82, 2.24) is 0 Å². The van der Waals surface area contributed by atoms with Crippen LogP contribution in [-0.4, -0.2) is 96.7 Å². The van der Waals surface area contributed by atoms with Gasteiger partial charge in [0, 0.05) is 25.7 Å². The Bertz CT molecular complexity index is 1770. The van der Waals surface area contributed by atoms with Crippen LogP contribution in [-0.2, 0) is 65.4 Å². The first-order valence-corrected chi connectivity index (χ1v) is 39.2. The van der Waals surface area contributed by atoms with Gasteiger partial charge in [0.1, 0.15) is 19.3 Å². The minimum Gasteiger partial charge on any atom is -0.462 e. The molecule has 3 N–H and O–H groups in total. The van der Waals surface area contributed by atoms with Crippen LogP contribution in [0.1, 0.15) is 344 Å². The van der Waals surface area contributed by atoms with E-state index in [0.29, 0.717) is 31.6 Å². The normalized spacial score (nSPS) is 14.6. The molecule has 0 rings (SSSR count). The third kappa shape index (κ3) is 63.2. The van der Waals surface area contributed by atoms with Crippen LogP contribution in [0.25, 0.3) is 0 Å². The van der Waals surface area contributed by atoms with Crippen LogP contribution in [0.2, 0.25) is 0 Å². The van der Waals surface area contributed by atoms with Gasteiger partial charge in [-0.2, -0.15) is 0 Å². The Morgan fingerprint density at radius 3 is 0.798 bits per heavy atom. The van der Waals surface area contributed by atoms with Gasteiger partial charge in [-0.3, -0.25) is 37.3 Å². The molecule has 0 aliphatic rings. The van der Waals surface area contributed by atoms with Crippen LogP contribution in [0.5, 0.6) is 0 Å². The Hall–Kier alpha value is -1.94. The van der Waals surface area contributed by atoms with Crippen LogP contribution < -0.4 is 0 Å². The molecule has 17 nitrogen and oxygen atoms in total. The predicted molar refractivity (Wildman–Crippen MR) is 358 cm³/mol. The van der Waals surface area contributed by atoms with Crippen LogP contribution in [0.3, 0.4) is 0 Å². The van der Waals surface area contributed by atoms with E-state index in [-0.39, 0.29) is 25.7 Å². The van der Waals surface area contributed by atoms with E-state index in [1.165, 1.54) is 141 Å². The van der Waals surface area contributed by atoms with Gasteiger partial charge in [-0.1, -0.05) is 293 Å². The lowest BCUT2D eigenvalue weighted by molar-refractivity contribution is -0.161. The van der Waals surface area contributed by atoms with Crippen molar-refractivity contribution >= 4 is 39.5 Å². The predicted octanol–water partition coefficient (Wildman–Crippen LogP) is 19.7. The van der Waals surface area contributed by atoms with Gasteiger partial charge in [0.05, 0.1) is 26.4 Å². The molecular weight excluding hydrogens is 1170 g/mol. The third-order valence-corrected chi connectivity index (χ3v) is 18.3. The first kappa shape index (κ1) is 87.1. The van der Waals surface area contributed by atoms with Crippen molar-refractivity contribution < 1.29 is 80.2 Å². The molecule has 0 aromatic carbocycles. The van der Waals surface area contributed by atoms with Gasteiger partial charge in [-0.25, -0.2) is 9.13 Å². The van der Waals surface area contributed by atoms with Gasteiger partial charge < -0.3 is 33.8 Å². The van der Waals surface area contributed by atoms with Crippen LogP contribution >= 0.6 is 15.6 Å². The monoisotopic (exact) mass is 1310 g/mol. The second kappa shape index (κ2) is 59.8. The molecule has 19 heteroatoms. The molecule has 0 aliphatic carbocycles. The summed E-state index contributed by atoms with van der Waals surface area (Å²) in [4.78, 5) is 72.4. The van der Waals surface area contributed by atoms with E-state index in [1.807, 2.05) is 0 Å². The topological polar surface area (TPSA) is 237 Å². The van der Waals surface area contributed by atoms with Crippen LogP contribution in [0, 0.1) is 23.7 Å². The molecule has 0 heterocycles. The van der Waals surface area contributed by atoms with Crippen molar-refractivity contribution in [3.8, 4) is 0 Å². The number of phosphoric ester groups is 2. The van der Waals surface area contributed by atoms with E-state index in [4.69, 9.17) is 37.0 Å². The highest BCUT2D eigenvalue weighted by Gasteiger charge is 2.30. The SMILES string of the molecule is CCC(C)CCCCCCCCC(=O)OC[C@H](COP(=O)(O)OC[C@H](O)COP(=O)(O)OC[C@@H](COC(=O)CCCCCCCCCCCCCCCCCCC(C)C)OC(=O)CCCCCCCCC(C)C)OC(=O)CCCCCCCCCCC(C)C. The number of aliphatic hydroxyl groups is 1. The molecule has 0 amide bonds. The number of phosphoric acid groups is 2. The van der Waals surface area contributed by atoms with Gasteiger partial charge in [0.2, 0.25) is 0 Å². The number of aliphatic hydroxyl groups excluding tert-OH is 1. The molecule has 0 saturated heterocycles. The molecule has 528 valence electrons. The minimum absolute atomic E-state index is 0.102. The molecule has 0 aromatic heterocycles. The standard InChI is InChI=1S/C70H136O17P2/c1-9-63(8)49-41-33-27-29-35-43-51-68(73)81-57-65(86-69(74)52-44-36-25-21-20-23-31-39-47-61(4)5)58-84-88(76,77)82-54-64(71)55-83-89(78,79)85-59-66(87-70(75)53-45-37-28-26-32-40-48-62(6)7)56-80-67(72)50-42-34-24-19-17-15-13-11-10-12-14-16-18-22-30-38-46-60(2)3/h60-66,71H,9-59H2,1-8H3,(H,76,77)(H,78,79)/t63?,64-,65+,66+/m0/s1. The van der Waals surface area contributed by atoms with Crippen molar-refractivity contribution in [3.63, 3.8) is 0 Å². The second-order valence-corrected chi connectivity index (χ2v) is 29.8. The van der Waals surface area contributed by atoms with Crippen molar-refractivity contribution in [3.05, 3.63) is 0 Å². The Kier molecular flexibility index (Phi) is 58.5. The Balaban J connectivity index is 5.15. The molecule has 89 heavy (non-hydrogen) atoms. The van der Waals surface area contributed by atoms with Gasteiger partial charge >= 0.3 is 39.5 Å². The number of unbranched alkanes of at least 4 members (excludes halogenated alkanes) is 32. The van der Waals surface area contributed by atoms with Gasteiger partial charge in [-0.15, -0.1) is 0 Å². The quantitative estimate of drug-likeness (QED) is 0.0222. The molecule has 0 spiro atoms. The number of hydrogen-bond donors (Lipinski definition) is 3. The maximum Gasteiger partial charge on any atom is 0.472 e. The van der Waals surface area contributed by atoms with Crippen molar-refractivity contribution in [2.45, 2.75) is 363 Å². The summed E-state index contributed by atoms with van der Waals surface area (Å²) in [6, 6.07) is 0. The molecule has 6 atom stereocenters. The van der Waals surface area contributed by atoms with E-state index >= 15 is 0 Å². The molecule has 3 unspecified atom stereocenters. The summed E-state index contributed by atoms with van der Waals surface area (Å²) in [7, 11) is -9.90. The summed E-state index contributed by atoms with van der Waals surface area (Å²) in [5, 5.41) is 10.6. The van der Waals surface area contributed by atoms with Crippen molar-refractivity contribution in [1.29, 1.82) is 0 Å². The third-order valence-electron chi connectivity index (χ3n) is 16.4. The zero-order chi connectivity index (χ0) is 66.1. The summed E-state index contributed by atoms with van der Waals surface area (Å²) < 4.78 is 68.2. The summed E-state index contributed by atoms with van der Waals surface area (Å²) >= 11 is 0. The summed E-state index contributed by atoms with van der Waals surface area (Å²) in [6.07, 6.45) is 42.1. The number of ether oxygens (including phenoxy) is 4. The molecule has 0 bridgehead atoms. The fourth-order valence-electron chi connectivity index (χ4n) is 10.5. The highest BCUT2D eigenvalue weighted by molar-refractivity contribution is 7.47. The fourth-order valence-corrected chi connectivity index (χ4v) is 12.0. The number of esters is 4. The first-order valence-electron chi connectivity index (χ1n) is 36.2. The highest BCUT2D eigenvalue weighted by atomic mass is 31.2. The van der Waals surface area contributed by atoms with Crippen molar-refractivity contribution in [2.75, 3.05) is 39.6 Å². The largest absolute Gasteiger partial charge is 0.472 e. The average Bonchev–Trinajstić information content (AvgIpc) is 3.70. The summed E-state index contributed by atoms with van der Waals surface area (Å²) in [5.41, 5.74) is 0. The van der Waals surface area contributed by atoms with E-state index in [0.717, 1.165) is 114 Å². The molecule has 0 saturated carbocycles. The summed E-state index contributed by atoms with van der Waals surface area (Å²) in [5.74, 6) is 0.794. The number of hydrogen-bond acceptors (Lipinski definition) is 15. The second-order valence-electron chi connectivity index (χ2n) is 26.9. The van der Waals surface area contributed by atoms with E-state index in [9.17, 15) is 43.2 Å². The molecule has 0 aliphatic heterocycles. The zero-order valence-corrected chi connectivity index (χ0v) is 59.8. The van der Waals surface area contributed by atoms with Crippen LogP contribution in [0.15, 0.2) is 0 Å². The number of carbonyl (C=O) groups is 4. The summed E-state index contributed by atoms with van der Waals surface area (Å²) in [6.45, 7) is 14.0. The molecule has 0 radical (unpaired) electrons. The maximum absolute atomic E-state index is 13.0. The Labute approximate surface area is 543 Å². The maximum atomic E-state index is 13.0. The van der Waals surface area contributed by atoms with Gasteiger partial charge in [0.15, 0.2) is 12.2 Å². The van der Waals surface area contributed by atoms with Gasteiger partial charge in [0.25, 0.3) is 0 Å². The average molecular weight is 1310 g/mol. The Morgan fingerprint density at radius 2 is 0.539 bits per heavy atom. The van der Waals surface area contributed by atoms with E-state index < -0.39 is 97.5 Å². The lowest BCUT2D eigenvalue weighted by Gasteiger charge is -2.21. The lowest BCUT2D eigenvalue weighted by Crippen LogP contribution is -2.30. The number of carbonyl (C=O) groups excluding carboxylic acids is 4. The highest BCUT2D eigenvalue weighted by Crippen LogP contribution is 2.45. The van der Waals surface area contributed by atoms with E-state index in [2.05, 4.69) is 55.4 Å². The lowest BCUT2D eigenvalue weighted by atomic mass is 10.00. The van der Waals surface area contributed by atoms with Gasteiger partial charge in [-0.05, 0) is 49.4 Å². The van der Waals surface area contributed by atoms with Crippen molar-refractivity contribution in [2.24, 2.45) is 23.7 Å². The molecular formula is C70H136O17P2. The molecule has 0 fully saturated rings. The van der Waals surface area contributed by atoms with E-state index in [1.54, 1.807) is 0 Å². The number of rotatable bonds is 67. The van der Waals surface area contributed by atoms with Crippen LogP contribution in [0.4, 0.5) is 0 Å². The molecule has 0 aromatic rings. The minimum atomic E-state index is -4.95. The fraction of sp³-hybridized carbons (Fsp3) is 0.943. The zero-order valence-electron chi connectivity index (χ0n) is 58.1. The Morgan fingerprint density at radius 1 is 0.315 bits per heavy atom.